The lowest BCUT2D eigenvalue weighted by molar-refractivity contribution is -0.136. The van der Waals surface area contributed by atoms with Crippen molar-refractivity contribution in [1.29, 1.82) is 0 Å². The Morgan fingerprint density at radius 2 is 2.16 bits per heavy atom. The first-order valence-electron chi connectivity index (χ1n) is 8.89. The van der Waals surface area contributed by atoms with E-state index >= 15 is 0 Å². The fraction of sp³-hybridized carbons (Fsp3) is 0.526. The number of carbonyl (C=O) groups excluding carboxylic acids is 1. The summed E-state index contributed by atoms with van der Waals surface area (Å²) in [6.07, 6.45) is 2.80. The summed E-state index contributed by atoms with van der Waals surface area (Å²) in [7, 11) is 1.64. The van der Waals surface area contributed by atoms with Crippen molar-refractivity contribution in [3.63, 3.8) is 0 Å². The molecule has 25 heavy (non-hydrogen) atoms. The molecule has 1 saturated heterocycles. The highest BCUT2D eigenvalue weighted by Crippen LogP contribution is 2.29. The molecule has 0 bridgehead atoms. The largest absolute Gasteiger partial charge is 0.497 e. The Morgan fingerprint density at radius 3 is 2.84 bits per heavy atom. The van der Waals surface area contributed by atoms with E-state index in [2.05, 4.69) is 10.1 Å². The predicted octanol–water partition coefficient (Wildman–Crippen LogP) is 3.50. The molecule has 1 aromatic carbocycles. The average molecular weight is 343 g/mol. The van der Waals surface area contributed by atoms with E-state index in [1.54, 1.807) is 7.11 Å². The maximum absolute atomic E-state index is 12.4. The Kier molecular flexibility index (Phi) is 5.36. The number of benzene rings is 1. The van der Waals surface area contributed by atoms with Gasteiger partial charge in [-0.05, 0) is 43.5 Å². The van der Waals surface area contributed by atoms with Crippen LogP contribution in [0.2, 0.25) is 0 Å². The fourth-order valence-corrected chi connectivity index (χ4v) is 3.12. The summed E-state index contributed by atoms with van der Waals surface area (Å²) in [5.74, 6) is 2.38. The molecule has 0 unspecified atom stereocenters. The molecule has 134 valence electrons. The van der Waals surface area contributed by atoms with E-state index in [-0.39, 0.29) is 17.7 Å². The summed E-state index contributed by atoms with van der Waals surface area (Å²) in [5.41, 5.74) is 0.888. The molecule has 6 heteroatoms. The van der Waals surface area contributed by atoms with Crippen LogP contribution in [0.15, 0.2) is 28.8 Å². The van der Waals surface area contributed by atoms with Crippen molar-refractivity contribution in [1.82, 2.24) is 15.0 Å². The quantitative estimate of drug-likeness (QED) is 0.831. The van der Waals surface area contributed by atoms with Gasteiger partial charge in [0.05, 0.1) is 13.0 Å². The molecule has 2 heterocycles. The molecule has 6 nitrogen and oxygen atoms in total. The van der Waals surface area contributed by atoms with Crippen LogP contribution in [-0.2, 0) is 4.79 Å². The number of hydrogen-bond donors (Lipinski definition) is 0. The Balaban J connectivity index is 1.71. The van der Waals surface area contributed by atoms with Crippen LogP contribution in [0.1, 0.15) is 44.9 Å². The number of rotatable bonds is 5. The van der Waals surface area contributed by atoms with Crippen molar-refractivity contribution in [2.24, 2.45) is 5.92 Å². The van der Waals surface area contributed by atoms with Gasteiger partial charge in [0.2, 0.25) is 17.6 Å². The van der Waals surface area contributed by atoms with Crippen LogP contribution in [-0.4, -0.2) is 41.1 Å². The number of carbonyl (C=O) groups is 1. The summed E-state index contributed by atoms with van der Waals surface area (Å²) in [5, 5.41) is 4.11. The molecule has 3 rings (SSSR count). The van der Waals surface area contributed by atoms with E-state index in [9.17, 15) is 4.79 Å². The maximum atomic E-state index is 12.4. The summed E-state index contributed by atoms with van der Waals surface area (Å²) < 4.78 is 10.7. The first-order chi connectivity index (χ1) is 12.1. The molecule has 2 atom stereocenters. The Bertz CT molecular complexity index is 711. The fourth-order valence-electron chi connectivity index (χ4n) is 3.12. The van der Waals surface area contributed by atoms with Crippen LogP contribution in [0.4, 0.5) is 0 Å². The highest BCUT2D eigenvalue weighted by molar-refractivity contribution is 5.78. The lowest BCUT2D eigenvalue weighted by atomic mass is 9.96. The van der Waals surface area contributed by atoms with Crippen molar-refractivity contribution in [3.05, 3.63) is 30.2 Å². The molecule has 0 N–H and O–H groups in total. The second-order valence-electron chi connectivity index (χ2n) is 6.62. The normalized spacial score (nSPS) is 18.8. The molecule has 0 aliphatic carbocycles. The average Bonchev–Trinajstić information content (AvgIpc) is 3.17. The van der Waals surface area contributed by atoms with Gasteiger partial charge in [-0.2, -0.15) is 4.98 Å². The molecule has 0 saturated carbocycles. The van der Waals surface area contributed by atoms with Gasteiger partial charge in [-0.3, -0.25) is 4.79 Å². The first kappa shape index (κ1) is 17.5. The van der Waals surface area contributed by atoms with Crippen molar-refractivity contribution < 1.29 is 14.1 Å². The van der Waals surface area contributed by atoms with Crippen LogP contribution in [0.5, 0.6) is 5.75 Å². The van der Waals surface area contributed by atoms with Crippen LogP contribution in [0.3, 0.4) is 0 Å². The van der Waals surface area contributed by atoms with E-state index < -0.39 is 0 Å². The highest BCUT2D eigenvalue weighted by atomic mass is 16.5. The van der Waals surface area contributed by atoms with E-state index in [0.717, 1.165) is 37.1 Å². The van der Waals surface area contributed by atoms with Crippen molar-refractivity contribution in [2.45, 2.75) is 39.0 Å². The summed E-state index contributed by atoms with van der Waals surface area (Å²) in [4.78, 5) is 18.9. The number of likely N-dealkylation sites (tertiary alicyclic amines) is 1. The van der Waals surface area contributed by atoms with Gasteiger partial charge >= 0.3 is 0 Å². The highest BCUT2D eigenvalue weighted by Gasteiger charge is 2.30. The number of aromatic nitrogens is 2. The summed E-state index contributed by atoms with van der Waals surface area (Å²) in [6, 6.07) is 7.57. The van der Waals surface area contributed by atoms with Crippen LogP contribution >= 0.6 is 0 Å². The molecule has 1 aromatic heterocycles. The Hall–Kier alpha value is -2.37. The van der Waals surface area contributed by atoms with Gasteiger partial charge in [0.15, 0.2) is 0 Å². The van der Waals surface area contributed by atoms with E-state index in [0.29, 0.717) is 18.3 Å². The summed E-state index contributed by atoms with van der Waals surface area (Å²) in [6.45, 7) is 5.51. The number of methoxy groups -OCH3 is 1. The predicted molar refractivity (Wildman–Crippen MR) is 94.3 cm³/mol. The van der Waals surface area contributed by atoms with Crippen LogP contribution in [0, 0.1) is 5.92 Å². The van der Waals surface area contributed by atoms with Crippen molar-refractivity contribution in [2.75, 3.05) is 20.2 Å². The van der Waals surface area contributed by atoms with Gasteiger partial charge in [-0.1, -0.05) is 19.0 Å². The molecule has 1 amide bonds. The Labute approximate surface area is 148 Å². The minimum absolute atomic E-state index is 0.0660. The number of nitrogens with zero attached hydrogens (tertiary/aromatic N) is 3. The summed E-state index contributed by atoms with van der Waals surface area (Å²) >= 11 is 0. The van der Waals surface area contributed by atoms with Gasteiger partial charge in [0, 0.05) is 24.6 Å². The third-order valence-corrected chi connectivity index (χ3v) is 4.91. The molecular formula is C19H25N3O3. The standard InChI is InChI=1S/C19H25N3O3/c1-4-13(2)19(23)22-11-5-6-15(12-22)18-20-17(21-25-18)14-7-9-16(24-3)10-8-14/h7-10,13,15H,4-6,11-12H2,1-3H3/t13-,15-/m1/s1. The number of amides is 1. The second kappa shape index (κ2) is 7.68. The zero-order valence-corrected chi connectivity index (χ0v) is 15.1. The molecule has 1 aliphatic heterocycles. The molecule has 1 aliphatic rings. The first-order valence-corrected chi connectivity index (χ1v) is 8.89. The number of hydrogen-bond acceptors (Lipinski definition) is 5. The van der Waals surface area contributed by atoms with Crippen molar-refractivity contribution >= 4 is 5.91 Å². The van der Waals surface area contributed by atoms with Gasteiger partial charge in [-0.15, -0.1) is 0 Å². The van der Waals surface area contributed by atoms with Gasteiger partial charge in [-0.25, -0.2) is 0 Å². The van der Waals surface area contributed by atoms with E-state index in [1.165, 1.54) is 0 Å². The minimum Gasteiger partial charge on any atom is -0.497 e. The van der Waals surface area contributed by atoms with E-state index in [4.69, 9.17) is 9.26 Å². The molecule has 2 aromatic rings. The monoisotopic (exact) mass is 343 g/mol. The van der Waals surface area contributed by atoms with E-state index in [1.807, 2.05) is 43.0 Å². The smallest absolute Gasteiger partial charge is 0.231 e. The maximum Gasteiger partial charge on any atom is 0.231 e. The lowest BCUT2D eigenvalue weighted by Gasteiger charge is -2.32. The minimum atomic E-state index is 0.0660. The van der Waals surface area contributed by atoms with Crippen LogP contribution < -0.4 is 4.74 Å². The van der Waals surface area contributed by atoms with Gasteiger partial charge < -0.3 is 14.2 Å². The van der Waals surface area contributed by atoms with Gasteiger partial charge in [0.1, 0.15) is 5.75 Å². The molecule has 0 radical (unpaired) electrons. The SMILES string of the molecule is CC[C@@H](C)C(=O)N1CCC[C@@H](c2nc(-c3ccc(OC)cc3)no2)C1. The second-order valence-corrected chi connectivity index (χ2v) is 6.62. The Morgan fingerprint density at radius 1 is 1.40 bits per heavy atom. The lowest BCUT2D eigenvalue weighted by Crippen LogP contribution is -2.41. The number of piperidine rings is 1. The van der Waals surface area contributed by atoms with Crippen molar-refractivity contribution in [3.8, 4) is 17.1 Å². The third kappa shape index (κ3) is 3.83. The number of ether oxygens (including phenoxy) is 1. The van der Waals surface area contributed by atoms with Gasteiger partial charge in [0.25, 0.3) is 0 Å². The zero-order chi connectivity index (χ0) is 17.8. The third-order valence-electron chi connectivity index (χ3n) is 4.91. The molecule has 0 spiro atoms. The molecular weight excluding hydrogens is 318 g/mol. The topological polar surface area (TPSA) is 68.5 Å². The molecule has 1 fully saturated rings. The van der Waals surface area contributed by atoms with Crippen LogP contribution in [0.25, 0.3) is 11.4 Å². The zero-order valence-electron chi connectivity index (χ0n) is 15.1.